The van der Waals surface area contributed by atoms with Crippen molar-refractivity contribution in [2.24, 2.45) is 5.16 Å². The Balaban J connectivity index is 1.68. The Bertz CT molecular complexity index is 1580. The number of oxime groups is 1. The van der Waals surface area contributed by atoms with E-state index in [1.165, 1.54) is 7.11 Å². The molecule has 5 aromatic rings. The minimum Gasteiger partial charge on any atom is -0.497 e. The van der Waals surface area contributed by atoms with Crippen molar-refractivity contribution >= 4 is 39.8 Å². The molecule has 0 saturated heterocycles. The first-order chi connectivity index (χ1) is 17.5. The van der Waals surface area contributed by atoms with Crippen molar-refractivity contribution < 1.29 is 14.0 Å². The van der Waals surface area contributed by atoms with Crippen LogP contribution in [0.15, 0.2) is 70.4 Å². The Morgan fingerprint density at radius 2 is 1.92 bits per heavy atom. The number of rotatable bonds is 7. The third-order valence-corrected chi connectivity index (χ3v) is 6.39. The SMILES string of the molecule is CON=C(c1nnc(-c2ccccn2)o1)c1c(C)n(Cc2ccc(Cl)cc2Cl)c2ccc(OC)cc12. The lowest BCUT2D eigenvalue weighted by molar-refractivity contribution is 0.213. The fraction of sp³-hybridized carbons (Fsp3) is 0.154. The number of hydrogen-bond donors (Lipinski definition) is 0. The van der Waals surface area contributed by atoms with Crippen LogP contribution in [-0.2, 0) is 11.4 Å². The standard InChI is InChI=1S/C26H21Cl2N5O3/c1-15-23(24(32-35-3)26-31-30-25(36-26)21-6-4-5-11-29-21)19-13-18(34-2)9-10-22(19)33(15)14-16-7-8-17(27)12-20(16)28/h4-13H,14H2,1-3H3. The first-order valence-electron chi connectivity index (χ1n) is 11.0. The molecular formula is C26H21Cl2N5O3. The van der Waals surface area contributed by atoms with Crippen LogP contribution in [0.1, 0.15) is 22.7 Å². The summed E-state index contributed by atoms with van der Waals surface area (Å²) in [4.78, 5) is 9.50. The summed E-state index contributed by atoms with van der Waals surface area (Å²) in [7, 11) is 3.10. The monoisotopic (exact) mass is 521 g/mol. The maximum Gasteiger partial charge on any atom is 0.270 e. The van der Waals surface area contributed by atoms with E-state index >= 15 is 0 Å². The van der Waals surface area contributed by atoms with E-state index in [2.05, 4.69) is 24.9 Å². The van der Waals surface area contributed by atoms with Crippen molar-refractivity contribution in [1.82, 2.24) is 19.7 Å². The molecule has 0 spiro atoms. The van der Waals surface area contributed by atoms with Gasteiger partial charge in [-0.2, -0.15) is 0 Å². The normalized spacial score (nSPS) is 11.8. The summed E-state index contributed by atoms with van der Waals surface area (Å²) < 4.78 is 13.6. The number of halogens is 2. The number of benzene rings is 2. The average molecular weight is 522 g/mol. The molecule has 182 valence electrons. The molecule has 0 aliphatic rings. The molecular weight excluding hydrogens is 501 g/mol. The lowest BCUT2D eigenvalue weighted by Gasteiger charge is -2.11. The number of ether oxygens (including phenoxy) is 1. The van der Waals surface area contributed by atoms with Gasteiger partial charge < -0.3 is 18.6 Å². The Labute approximate surface area is 217 Å². The summed E-state index contributed by atoms with van der Waals surface area (Å²) >= 11 is 12.6. The van der Waals surface area contributed by atoms with Crippen molar-refractivity contribution in [2.75, 3.05) is 14.2 Å². The van der Waals surface area contributed by atoms with E-state index in [4.69, 9.17) is 37.2 Å². The third-order valence-electron chi connectivity index (χ3n) is 5.81. The summed E-state index contributed by atoms with van der Waals surface area (Å²) in [6.45, 7) is 2.50. The molecule has 0 atom stereocenters. The van der Waals surface area contributed by atoms with Gasteiger partial charge in [-0.05, 0) is 55.0 Å². The number of pyridine rings is 1. The van der Waals surface area contributed by atoms with E-state index in [0.29, 0.717) is 33.7 Å². The van der Waals surface area contributed by atoms with Gasteiger partial charge in [-0.3, -0.25) is 4.98 Å². The van der Waals surface area contributed by atoms with Crippen LogP contribution in [0.4, 0.5) is 0 Å². The molecule has 0 unspecified atom stereocenters. The lowest BCUT2D eigenvalue weighted by atomic mass is 10.1. The van der Waals surface area contributed by atoms with Gasteiger partial charge in [0.1, 0.15) is 18.6 Å². The van der Waals surface area contributed by atoms with Crippen molar-refractivity contribution in [3.05, 3.63) is 93.6 Å². The Hall–Kier alpha value is -3.88. The van der Waals surface area contributed by atoms with Gasteiger partial charge in [-0.25, -0.2) is 0 Å². The second-order valence-electron chi connectivity index (χ2n) is 7.92. The Morgan fingerprint density at radius 3 is 2.64 bits per heavy atom. The van der Waals surface area contributed by atoms with Crippen LogP contribution < -0.4 is 4.74 Å². The molecule has 0 radical (unpaired) electrons. The number of fused-ring (bicyclic) bond motifs is 1. The minimum atomic E-state index is 0.201. The van der Waals surface area contributed by atoms with E-state index in [9.17, 15) is 0 Å². The zero-order valence-corrected chi connectivity index (χ0v) is 21.2. The molecule has 0 N–H and O–H groups in total. The molecule has 0 aliphatic carbocycles. The summed E-state index contributed by atoms with van der Waals surface area (Å²) in [5.41, 5.74) is 4.49. The van der Waals surface area contributed by atoms with Crippen LogP contribution in [0.2, 0.25) is 10.0 Å². The molecule has 0 fully saturated rings. The van der Waals surface area contributed by atoms with Crippen molar-refractivity contribution in [3.8, 4) is 17.3 Å². The summed E-state index contributed by atoms with van der Waals surface area (Å²) in [5, 5.41) is 14.8. The molecule has 0 bridgehead atoms. The predicted octanol–water partition coefficient (Wildman–Crippen LogP) is 6.16. The highest BCUT2D eigenvalue weighted by Crippen LogP contribution is 2.33. The maximum absolute atomic E-state index is 6.51. The molecule has 3 aromatic heterocycles. The molecule has 3 heterocycles. The summed E-state index contributed by atoms with van der Waals surface area (Å²) in [6, 6.07) is 16.8. The van der Waals surface area contributed by atoms with Crippen LogP contribution in [0.25, 0.3) is 22.5 Å². The molecule has 0 saturated carbocycles. The van der Waals surface area contributed by atoms with Gasteiger partial charge in [0, 0.05) is 44.9 Å². The fourth-order valence-corrected chi connectivity index (χ4v) is 4.57. The van der Waals surface area contributed by atoms with Crippen molar-refractivity contribution in [1.29, 1.82) is 0 Å². The molecule has 5 rings (SSSR count). The molecule has 10 heteroatoms. The van der Waals surface area contributed by atoms with E-state index in [0.717, 1.165) is 27.7 Å². The second-order valence-corrected chi connectivity index (χ2v) is 8.76. The lowest BCUT2D eigenvalue weighted by Crippen LogP contribution is -2.08. The maximum atomic E-state index is 6.51. The van der Waals surface area contributed by atoms with Gasteiger partial charge in [0.2, 0.25) is 0 Å². The van der Waals surface area contributed by atoms with Crippen LogP contribution in [-0.4, -0.2) is 39.7 Å². The van der Waals surface area contributed by atoms with E-state index < -0.39 is 0 Å². The summed E-state index contributed by atoms with van der Waals surface area (Å²) in [6.07, 6.45) is 1.66. The highest BCUT2D eigenvalue weighted by molar-refractivity contribution is 6.35. The van der Waals surface area contributed by atoms with Crippen LogP contribution >= 0.6 is 23.2 Å². The van der Waals surface area contributed by atoms with Crippen molar-refractivity contribution in [2.45, 2.75) is 13.5 Å². The largest absolute Gasteiger partial charge is 0.497 e. The Morgan fingerprint density at radius 1 is 1.06 bits per heavy atom. The molecule has 2 aromatic carbocycles. The molecule has 36 heavy (non-hydrogen) atoms. The van der Waals surface area contributed by atoms with Crippen LogP contribution in [0, 0.1) is 6.92 Å². The highest BCUT2D eigenvalue weighted by Gasteiger charge is 2.26. The highest BCUT2D eigenvalue weighted by atomic mass is 35.5. The quantitative estimate of drug-likeness (QED) is 0.188. The summed E-state index contributed by atoms with van der Waals surface area (Å²) in [5.74, 6) is 1.18. The van der Waals surface area contributed by atoms with E-state index in [1.54, 1.807) is 25.4 Å². The van der Waals surface area contributed by atoms with Gasteiger partial charge in [0.15, 0.2) is 5.71 Å². The average Bonchev–Trinajstić information content (AvgIpc) is 3.48. The van der Waals surface area contributed by atoms with Gasteiger partial charge in [-0.15, -0.1) is 10.2 Å². The first kappa shape index (κ1) is 23.8. The number of methoxy groups -OCH3 is 1. The topological polar surface area (TPSA) is 87.6 Å². The molecule has 0 aliphatic heterocycles. The van der Waals surface area contributed by atoms with Gasteiger partial charge in [0.25, 0.3) is 11.8 Å². The zero-order chi connectivity index (χ0) is 25.2. The zero-order valence-electron chi connectivity index (χ0n) is 19.7. The number of nitrogens with zero attached hydrogens (tertiary/aromatic N) is 5. The van der Waals surface area contributed by atoms with E-state index in [1.807, 2.05) is 49.4 Å². The third kappa shape index (κ3) is 4.41. The van der Waals surface area contributed by atoms with E-state index in [-0.39, 0.29) is 11.8 Å². The van der Waals surface area contributed by atoms with Gasteiger partial charge >= 0.3 is 0 Å². The smallest absolute Gasteiger partial charge is 0.270 e. The minimum absolute atomic E-state index is 0.201. The Kier molecular flexibility index (Phi) is 6.63. The van der Waals surface area contributed by atoms with Crippen LogP contribution in [0.5, 0.6) is 5.75 Å². The first-order valence-corrected chi connectivity index (χ1v) is 11.7. The van der Waals surface area contributed by atoms with Gasteiger partial charge in [0.05, 0.1) is 7.11 Å². The molecule has 0 amide bonds. The van der Waals surface area contributed by atoms with Crippen LogP contribution in [0.3, 0.4) is 0 Å². The molecule has 8 nitrogen and oxygen atoms in total. The van der Waals surface area contributed by atoms with Gasteiger partial charge in [-0.1, -0.05) is 40.5 Å². The predicted molar refractivity (Wildman–Crippen MR) is 139 cm³/mol. The second kappa shape index (κ2) is 10.0. The number of aromatic nitrogens is 4. The fourth-order valence-electron chi connectivity index (χ4n) is 4.11. The number of hydrogen-bond acceptors (Lipinski definition) is 7. The van der Waals surface area contributed by atoms with Crippen molar-refractivity contribution in [3.63, 3.8) is 0 Å².